The van der Waals surface area contributed by atoms with E-state index in [2.05, 4.69) is 15.0 Å². The third kappa shape index (κ3) is 4.09. The summed E-state index contributed by atoms with van der Waals surface area (Å²) in [5.41, 5.74) is -5.20. The second kappa shape index (κ2) is 8.46. The van der Waals surface area contributed by atoms with Gasteiger partial charge in [0.15, 0.2) is 5.82 Å². The molecule has 0 spiro atoms. The zero-order valence-electron chi connectivity index (χ0n) is 23.0. The van der Waals surface area contributed by atoms with Crippen molar-refractivity contribution in [3.8, 4) is 11.1 Å². The van der Waals surface area contributed by atoms with Crippen molar-refractivity contribution in [1.29, 1.82) is 0 Å². The van der Waals surface area contributed by atoms with Crippen molar-refractivity contribution < 1.29 is 31.6 Å². The van der Waals surface area contributed by atoms with Gasteiger partial charge in [0.2, 0.25) is 15.8 Å². The van der Waals surface area contributed by atoms with Gasteiger partial charge >= 0.3 is 0 Å². The van der Waals surface area contributed by atoms with Crippen molar-refractivity contribution in [3.63, 3.8) is 0 Å². The molecule has 0 aliphatic heterocycles. The van der Waals surface area contributed by atoms with E-state index < -0.39 is 57.6 Å². The van der Waals surface area contributed by atoms with E-state index in [0.717, 1.165) is 6.20 Å². The molecule has 0 fully saturated rings. The third-order valence-corrected chi connectivity index (χ3v) is 5.38. The topological polar surface area (TPSA) is 105 Å². The number of carbonyl (C=O) groups excluding carboxylic acids is 1. The number of hydrogen-bond donors (Lipinski definition) is 2. The highest BCUT2D eigenvalue weighted by Crippen LogP contribution is 2.29. The van der Waals surface area contributed by atoms with Crippen LogP contribution in [0.3, 0.4) is 0 Å². The predicted octanol–water partition coefficient (Wildman–Crippen LogP) is 4.29. The van der Waals surface area contributed by atoms with E-state index in [1.807, 2.05) is 0 Å². The van der Waals surface area contributed by atoms with Gasteiger partial charge in [-0.25, -0.2) is 22.2 Å². The molecule has 164 valence electrons. The molecule has 0 saturated heterocycles. The number of rotatable bonds is 7. The Labute approximate surface area is 192 Å². The molecule has 0 aliphatic rings. The lowest BCUT2D eigenvalue weighted by Crippen LogP contribution is -2.18. The lowest BCUT2D eigenvalue weighted by Gasteiger charge is -2.11. The zero-order valence-corrected chi connectivity index (χ0v) is 16.8. The average Bonchev–Trinajstić information content (AvgIpc) is 3.28. The van der Waals surface area contributed by atoms with E-state index in [1.165, 1.54) is 17.0 Å². The second-order valence-corrected chi connectivity index (χ2v) is 7.92. The Kier molecular flexibility index (Phi) is 3.81. The van der Waals surface area contributed by atoms with Crippen LogP contribution >= 0.6 is 0 Å². The number of aromatic nitrogens is 3. The number of benzene rings is 1. The molecule has 4 rings (SSSR count). The molecule has 32 heavy (non-hydrogen) atoms. The van der Waals surface area contributed by atoms with E-state index in [0.29, 0.717) is 23.3 Å². The lowest BCUT2D eigenvalue weighted by atomic mass is 10.00. The molecule has 0 unspecified atom stereocenters. The Morgan fingerprint density at radius 2 is 2.09 bits per heavy atom. The molecule has 2 N–H and O–H groups in total. The van der Waals surface area contributed by atoms with Crippen molar-refractivity contribution >= 4 is 32.5 Å². The van der Waals surface area contributed by atoms with Gasteiger partial charge in [-0.05, 0) is 30.6 Å². The van der Waals surface area contributed by atoms with Crippen LogP contribution in [0.5, 0.6) is 0 Å². The molecule has 0 radical (unpaired) electrons. The van der Waals surface area contributed by atoms with Gasteiger partial charge in [0.25, 0.3) is 0 Å². The van der Waals surface area contributed by atoms with Crippen LogP contribution in [-0.4, -0.2) is 34.9 Å². The number of H-pyrrole nitrogens is 1. The van der Waals surface area contributed by atoms with E-state index in [4.69, 9.17) is 9.60 Å². The molecule has 4 aromatic rings. The van der Waals surface area contributed by atoms with Crippen molar-refractivity contribution in [2.45, 2.75) is 13.2 Å². The highest BCUT2D eigenvalue weighted by Gasteiger charge is 2.26. The molecule has 0 aliphatic carbocycles. The summed E-state index contributed by atoms with van der Waals surface area (Å²) in [7, 11) is -5.60. The van der Waals surface area contributed by atoms with Gasteiger partial charge in [0, 0.05) is 56.5 Å². The molecule has 0 atom stereocenters. The number of fused-ring (bicyclic) bond motifs is 1. The summed E-state index contributed by atoms with van der Waals surface area (Å²) >= 11 is 0. The molecular formula is C22H18F2N4O3S. The first-order valence-corrected chi connectivity index (χ1v) is 10.4. The minimum Gasteiger partial charge on any atom is -0.345 e. The quantitative estimate of drug-likeness (QED) is 0.398. The molecular weight excluding hydrogens is 438 g/mol. The molecule has 1 aromatic carbocycles. The van der Waals surface area contributed by atoms with Crippen LogP contribution in [0.4, 0.5) is 14.5 Å². The summed E-state index contributed by atoms with van der Waals surface area (Å²) in [6.07, 6.45) is 1.82. The number of nitrogens with one attached hydrogen (secondary N) is 2. The molecule has 7 nitrogen and oxygen atoms in total. The Balaban J connectivity index is 1.76. The van der Waals surface area contributed by atoms with Crippen molar-refractivity contribution in [3.05, 3.63) is 77.9 Å². The van der Waals surface area contributed by atoms with E-state index >= 15 is 4.39 Å². The van der Waals surface area contributed by atoms with Gasteiger partial charge in [-0.2, -0.15) is 0 Å². The summed E-state index contributed by atoms with van der Waals surface area (Å²) in [5, 5.41) is 0.188. The van der Waals surface area contributed by atoms with Crippen molar-refractivity contribution in [1.82, 2.24) is 15.0 Å². The Hall–Kier alpha value is -3.66. The first kappa shape index (κ1) is 14.4. The smallest absolute Gasteiger partial charge is 0.232 e. The zero-order chi connectivity index (χ0) is 29.0. The number of sulfonamides is 1. The van der Waals surface area contributed by atoms with E-state index in [9.17, 15) is 17.6 Å². The van der Waals surface area contributed by atoms with Gasteiger partial charge < -0.3 is 4.98 Å². The number of anilines is 1. The predicted molar refractivity (Wildman–Crippen MR) is 117 cm³/mol. The maximum atomic E-state index is 15.4. The van der Waals surface area contributed by atoms with Gasteiger partial charge in [-0.1, -0.05) is 12.9 Å². The number of pyridine rings is 2. The standard InChI is InChI=1S/C22H18F2N4O3S/c1-2-8-32(30,31)28-18-6-5-17(23)19(20(18)24)21(29)16-12-27-22-15(16)9-14(11-26-22)13-4-3-7-25-10-13/h3-7,9-12,28H,2,8H2,1H3,(H,26,27)/i1D3,2D2,8D2. The Morgan fingerprint density at radius 1 is 1.25 bits per heavy atom. The normalized spacial score (nSPS) is 16.1. The molecule has 0 bridgehead atoms. The summed E-state index contributed by atoms with van der Waals surface area (Å²) in [6, 6.07) is 6.04. The summed E-state index contributed by atoms with van der Waals surface area (Å²) < 4.78 is 109. The number of hydrogen-bond acceptors (Lipinski definition) is 5. The first-order chi connectivity index (χ1) is 18.0. The minimum atomic E-state index is -5.60. The third-order valence-electron chi connectivity index (χ3n) is 4.52. The molecule has 3 heterocycles. The molecule has 0 amide bonds. The van der Waals surface area contributed by atoms with Crippen LogP contribution < -0.4 is 4.72 Å². The molecule has 3 aromatic heterocycles. The number of halogens is 2. The maximum Gasteiger partial charge on any atom is 0.232 e. The van der Waals surface area contributed by atoms with Crippen LogP contribution in [0, 0.1) is 11.6 Å². The van der Waals surface area contributed by atoms with E-state index in [-0.39, 0.29) is 16.6 Å². The molecule has 10 heteroatoms. The van der Waals surface area contributed by atoms with Crippen LogP contribution in [0.25, 0.3) is 22.2 Å². The van der Waals surface area contributed by atoms with Gasteiger partial charge in [-0.15, -0.1) is 0 Å². The van der Waals surface area contributed by atoms with Crippen molar-refractivity contribution in [2.24, 2.45) is 0 Å². The monoisotopic (exact) mass is 463 g/mol. The largest absolute Gasteiger partial charge is 0.345 e. The van der Waals surface area contributed by atoms with Crippen LogP contribution in [0.2, 0.25) is 0 Å². The maximum absolute atomic E-state index is 15.4. The van der Waals surface area contributed by atoms with Crippen molar-refractivity contribution in [2.75, 3.05) is 10.4 Å². The number of carbonyl (C=O) groups is 1. The summed E-state index contributed by atoms with van der Waals surface area (Å²) in [5.74, 6) is -4.30. The van der Waals surface area contributed by atoms with Crippen LogP contribution in [0.15, 0.2) is 55.1 Å². The van der Waals surface area contributed by atoms with Crippen LogP contribution in [-0.2, 0) is 10.0 Å². The van der Waals surface area contributed by atoms with Gasteiger partial charge in [0.05, 0.1) is 17.0 Å². The fraction of sp³-hybridized carbons (Fsp3) is 0.136. The summed E-state index contributed by atoms with van der Waals surface area (Å²) in [4.78, 5) is 24.2. The van der Waals surface area contributed by atoms with Crippen LogP contribution in [0.1, 0.15) is 38.7 Å². The highest BCUT2D eigenvalue weighted by molar-refractivity contribution is 7.92. The fourth-order valence-corrected chi connectivity index (χ4v) is 3.73. The van der Waals surface area contributed by atoms with Gasteiger partial charge in [-0.3, -0.25) is 14.5 Å². The second-order valence-electron chi connectivity index (χ2n) is 6.51. The highest BCUT2D eigenvalue weighted by atomic mass is 32.2. The Bertz CT molecular complexity index is 1700. The number of aromatic amines is 1. The molecule has 0 saturated carbocycles. The number of ketones is 1. The lowest BCUT2D eigenvalue weighted by molar-refractivity contribution is 0.103. The Morgan fingerprint density at radius 3 is 2.84 bits per heavy atom. The SMILES string of the molecule is [2H]C([2H])([2H])C([2H])([2H])C([2H])([2H])S(=O)(=O)Nc1ccc(F)c(C(=O)c2c[nH]c3ncc(-c4cccnc4)cc23)c1F. The summed E-state index contributed by atoms with van der Waals surface area (Å²) in [6.45, 7) is -3.72. The van der Waals surface area contributed by atoms with Gasteiger partial charge in [0.1, 0.15) is 11.5 Å². The fourth-order valence-electron chi connectivity index (χ4n) is 3.09. The average molecular weight is 464 g/mol. The minimum absolute atomic E-state index is 0.188. The first-order valence-electron chi connectivity index (χ1n) is 12.4. The van der Waals surface area contributed by atoms with E-state index in [1.54, 1.807) is 24.5 Å². The number of nitrogens with zero attached hydrogens (tertiary/aromatic N) is 2.